The van der Waals surface area contributed by atoms with Crippen LogP contribution in [0.4, 0.5) is 4.39 Å². The highest BCUT2D eigenvalue weighted by Gasteiger charge is 2.09. The van der Waals surface area contributed by atoms with Crippen molar-refractivity contribution in [2.75, 3.05) is 0 Å². The van der Waals surface area contributed by atoms with Crippen LogP contribution in [0.1, 0.15) is 31.2 Å². The quantitative estimate of drug-likeness (QED) is 0.765. The molecule has 0 fully saturated rings. The summed E-state index contributed by atoms with van der Waals surface area (Å²) in [5, 5.41) is 3.12. The van der Waals surface area contributed by atoms with Crippen molar-refractivity contribution < 1.29 is 4.39 Å². The number of hydrogen-bond donors (Lipinski definition) is 0. The van der Waals surface area contributed by atoms with E-state index in [1.807, 2.05) is 11.4 Å². The summed E-state index contributed by atoms with van der Waals surface area (Å²) in [5.41, 5.74) is 1.73. The van der Waals surface area contributed by atoms with E-state index in [9.17, 15) is 4.39 Å². The lowest BCUT2D eigenvalue weighted by atomic mass is 10.1. The standard InChI is InChI=1S/C13H14FNS/c1-3-9(2)13-15-12(8-16-13)10-5-4-6-11(14)7-10/h4-9H,3H2,1-2H3. The van der Waals surface area contributed by atoms with Gasteiger partial charge in [0.15, 0.2) is 0 Å². The Hall–Kier alpha value is -1.22. The second-order valence-electron chi connectivity index (χ2n) is 3.89. The van der Waals surface area contributed by atoms with Crippen LogP contribution in [-0.4, -0.2) is 4.98 Å². The first kappa shape index (κ1) is 11.3. The summed E-state index contributed by atoms with van der Waals surface area (Å²) < 4.78 is 13.1. The van der Waals surface area contributed by atoms with Gasteiger partial charge in [0.2, 0.25) is 0 Å². The Morgan fingerprint density at radius 3 is 2.94 bits per heavy atom. The van der Waals surface area contributed by atoms with Gasteiger partial charge in [-0.15, -0.1) is 11.3 Å². The summed E-state index contributed by atoms with van der Waals surface area (Å²) >= 11 is 1.65. The van der Waals surface area contributed by atoms with E-state index in [0.29, 0.717) is 5.92 Å². The molecule has 16 heavy (non-hydrogen) atoms. The van der Waals surface area contributed by atoms with Crippen LogP contribution in [0.3, 0.4) is 0 Å². The normalized spacial score (nSPS) is 12.7. The molecule has 0 saturated heterocycles. The molecule has 3 heteroatoms. The van der Waals surface area contributed by atoms with Crippen LogP contribution in [0.25, 0.3) is 11.3 Å². The third-order valence-electron chi connectivity index (χ3n) is 2.68. The van der Waals surface area contributed by atoms with Crippen LogP contribution in [0, 0.1) is 5.82 Å². The number of halogens is 1. The maximum Gasteiger partial charge on any atom is 0.123 e. The molecule has 0 aliphatic heterocycles. The molecule has 0 amide bonds. The van der Waals surface area contributed by atoms with E-state index < -0.39 is 0 Å². The number of aromatic nitrogens is 1. The van der Waals surface area contributed by atoms with Gasteiger partial charge in [-0.05, 0) is 18.6 Å². The molecular formula is C13H14FNS. The summed E-state index contributed by atoms with van der Waals surface area (Å²) in [6.07, 6.45) is 1.08. The predicted octanol–water partition coefficient (Wildman–Crippen LogP) is 4.46. The Morgan fingerprint density at radius 1 is 1.44 bits per heavy atom. The van der Waals surface area contributed by atoms with Gasteiger partial charge in [0.25, 0.3) is 0 Å². The van der Waals surface area contributed by atoms with Gasteiger partial charge < -0.3 is 0 Å². The lowest BCUT2D eigenvalue weighted by molar-refractivity contribution is 0.628. The average molecular weight is 235 g/mol. The van der Waals surface area contributed by atoms with E-state index in [4.69, 9.17) is 0 Å². The van der Waals surface area contributed by atoms with Crippen LogP contribution in [-0.2, 0) is 0 Å². The molecule has 0 saturated carbocycles. The van der Waals surface area contributed by atoms with Gasteiger partial charge >= 0.3 is 0 Å². The van der Waals surface area contributed by atoms with E-state index in [0.717, 1.165) is 22.7 Å². The smallest absolute Gasteiger partial charge is 0.123 e. The molecule has 0 N–H and O–H groups in total. The minimum absolute atomic E-state index is 0.212. The molecule has 2 aromatic rings. The van der Waals surface area contributed by atoms with Gasteiger partial charge in [0.05, 0.1) is 10.7 Å². The fourth-order valence-electron chi connectivity index (χ4n) is 1.47. The summed E-state index contributed by atoms with van der Waals surface area (Å²) in [7, 11) is 0. The molecule has 1 unspecified atom stereocenters. The second-order valence-corrected chi connectivity index (χ2v) is 4.78. The van der Waals surface area contributed by atoms with Crippen molar-refractivity contribution >= 4 is 11.3 Å². The molecule has 0 spiro atoms. The van der Waals surface area contributed by atoms with Crippen molar-refractivity contribution in [3.05, 3.63) is 40.5 Å². The molecule has 0 aliphatic carbocycles. The molecule has 1 heterocycles. The number of benzene rings is 1. The molecule has 1 atom stereocenters. The van der Waals surface area contributed by atoms with Crippen molar-refractivity contribution in [2.24, 2.45) is 0 Å². The van der Waals surface area contributed by atoms with E-state index in [1.54, 1.807) is 17.4 Å². The van der Waals surface area contributed by atoms with Crippen molar-refractivity contribution in [3.63, 3.8) is 0 Å². The highest BCUT2D eigenvalue weighted by molar-refractivity contribution is 7.10. The van der Waals surface area contributed by atoms with Crippen molar-refractivity contribution in [3.8, 4) is 11.3 Å². The summed E-state index contributed by atoms with van der Waals surface area (Å²) in [6.45, 7) is 4.31. The minimum Gasteiger partial charge on any atom is -0.241 e. The minimum atomic E-state index is -0.212. The fraction of sp³-hybridized carbons (Fsp3) is 0.308. The zero-order valence-electron chi connectivity index (χ0n) is 9.40. The molecule has 0 radical (unpaired) electrons. The maximum atomic E-state index is 13.1. The van der Waals surface area contributed by atoms with Crippen molar-refractivity contribution in [1.29, 1.82) is 0 Å². The summed E-state index contributed by atoms with van der Waals surface area (Å²) in [5.74, 6) is 0.267. The highest BCUT2D eigenvalue weighted by Crippen LogP contribution is 2.27. The Kier molecular flexibility index (Phi) is 3.34. The second kappa shape index (κ2) is 4.74. The molecule has 2 rings (SSSR count). The van der Waals surface area contributed by atoms with Gasteiger partial charge in [-0.3, -0.25) is 0 Å². The lowest BCUT2D eigenvalue weighted by Gasteiger charge is -2.02. The largest absolute Gasteiger partial charge is 0.241 e. The van der Waals surface area contributed by atoms with Crippen LogP contribution in [0.5, 0.6) is 0 Å². The fourth-order valence-corrected chi connectivity index (χ4v) is 2.44. The van der Waals surface area contributed by atoms with Crippen LogP contribution < -0.4 is 0 Å². The first-order chi connectivity index (χ1) is 7.70. The topological polar surface area (TPSA) is 12.9 Å². The first-order valence-electron chi connectivity index (χ1n) is 5.42. The van der Waals surface area contributed by atoms with Crippen molar-refractivity contribution in [2.45, 2.75) is 26.2 Å². The molecule has 1 aromatic heterocycles. The van der Waals surface area contributed by atoms with Gasteiger partial charge in [-0.25, -0.2) is 9.37 Å². The SMILES string of the molecule is CCC(C)c1nc(-c2cccc(F)c2)cs1. The van der Waals surface area contributed by atoms with Crippen LogP contribution >= 0.6 is 11.3 Å². The summed E-state index contributed by atoms with van der Waals surface area (Å²) in [6, 6.07) is 6.58. The van der Waals surface area contributed by atoms with Crippen LogP contribution in [0.2, 0.25) is 0 Å². The molecule has 0 bridgehead atoms. The maximum absolute atomic E-state index is 13.1. The van der Waals surface area contributed by atoms with Gasteiger partial charge in [-0.1, -0.05) is 26.0 Å². The van der Waals surface area contributed by atoms with E-state index in [2.05, 4.69) is 18.8 Å². The average Bonchev–Trinajstić information content (AvgIpc) is 2.77. The molecular weight excluding hydrogens is 221 g/mol. The van der Waals surface area contributed by atoms with Gasteiger partial charge in [0.1, 0.15) is 5.82 Å². The zero-order valence-corrected chi connectivity index (χ0v) is 10.2. The van der Waals surface area contributed by atoms with Gasteiger partial charge in [-0.2, -0.15) is 0 Å². The molecule has 84 valence electrons. The number of hydrogen-bond acceptors (Lipinski definition) is 2. The highest BCUT2D eigenvalue weighted by atomic mass is 32.1. The Bertz CT molecular complexity index is 478. The third-order valence-corrected chi connectivity index (χ3v) is 3.75. The first-order valence-corrected chi connectivity index (χ1v) is 6.30. The number of nitrogens with zero attached hydrogens (tertiary/aromatic N) is 1. The van der Waals surface area contributed by atoms with Crippen LogP contribution in [0.15, 0.2) is 29.6 Å². The number of thiazole rings is 1. The Labute approximate surface area is 99.0 Å². The lowest BCUT2D eigenvalue weighted by Crippen LogP contribution is -1.89. The zero-order chi connectivity index (χ0) is 11.5. The molecule has 1 nitrogen and oxygen atoms in total. The number of rotatable bonds is 3. The van der Waals surface area contributed by atoms with E-state index in [1.165, 1.54) is 12.1 Å². The third kappa shape index (κ3) is 2.30. The van der Waals surface area contributed by atoms with E-state index >= 15 is 0 Å². The Morgan fingerprint density at radius 2 is 2.25 bits per heavy atom. The summed E-state index contributed by atoms with van der Waals surface area (Å²) in [4.78, 5) is 4.54. The van der Waals surface area contributed by atoms with Crippen molar-refractivity contribution in [1.82, 2.24) is 4.98 Å². The molecule has 0 aliphatic rings. The van der Waals surface area contributed by atoms with Gasteiger partial charge in [0, 0.05) is 16.9 Å². The predicted molar refractivity (Wildman–Crippen MR) is 66.2 cm³/mol. The monoisotopic (exact) mass is 235 g/mol. The Balaban J connectivity index is 2.31. The van der Waals surface area contributed by atoms with E-state index in [-0.39, 0.29) is 5.82 Å². The molecule has 1 aromatic carbocycles.